The SMILES string of the molecule is CCNc1ncnc(-c2ccncc2C)c1C(C)C. The summed E-state index contributed by atoms with van der Waals surface area (Å²) in [5.74, 6) is 1.29. The Morgan fingerprint density at radius 2 is 2.05 bits per heavy atom. The third kappa shape index (κ3) is 2.72. The van der Waals surface area contributed by atoms with E-state index in [0.29, 0.717) is 5.92 Å². The van der Waals surface area contributed by atoms with Crippen LogP contribution >= 0.6 is 0 Å². The highest BCUT2D eigenvalue weighted by Crippen LogP contribution is 2.32. The normalized spacial score (nSPS) is 10.8. The van der Waals surface area contributed by atoms with Gasteiger partial charge in [0, 0.05) is 30.1 Å². The molecule has 0 atom stereocenters. The molecule has 0 unspecified atom stereocenters. The molecule has 0 amide bonds. The summed E-state index contributed by atoms with van der Waals surface area (Å²) in [5, 5.41) is 3.32. The molecule has 0 saturated carbocycles. The number of nitrogens with zero attached hydrogens (tertiary/aromatic N) is 3. The molecule has 4 heteroatoms. The highest BCUT2D eigenvalue weighted by Gasteiger charge is 2.16. The van der Waals surface area contributed by atoms with Gasteiger partial charge in [0.05, 0.1) is 5.69 Å². The van der Waals surface area contributed by atoms with E-state index in [1.54, 1.807) is 6.33 Å². The summed E-state index contributed by atoms with van der Waals surface area (Å²) in [6.07, 6.45) is 5.30. The van der Waals surface area contributed by atoms with Crippen LogP contribution in [0.25, 0.3) is 11.3 Å². The Balaban J connectivity index is 2.63. The fraction of sp³-hybridized carbons (Fsp3) is 0.400. The monoisotopic (exact) mass is 256 g/mol. The molecular weight excluding hydrogens is 236 g/mol. The van der Waals surface area contributed by atoms with Gasteiger partial charge in [-0.15, -0.1) is 0 Å². The van der Waals surface area contributed by atoms with Crippen molar-refractivity contribution in [2.75, 3.05) is 11.9 Å². The van der Waals surface area contributed by atoms with Crippen LogP contribution in [0.15, 0.2) is 24.8 Å². The van der Waals surface area contributed by atoms with Gasteiger partial charge in [0.1, 0.15) is 12.1 Å². The number of hydrogen-bond donors (Lipinski definition) is 1. The van der Waals surface area contributed by atoms with Gasteiger partial charge in [0.2, 0.25) is 0 Å². The average Bonchev–Trinajstić information content (AvgIpc) is 2.39. The van der Waals surface area contributed by atoms with Crippen LogP contribution in [0.5, 0.6) is 0 Å². The number of hydrogen-bond acceptors (Lipinski definition) is 4. The lowest BCUT2D eigenvalue weighted by Gasteiger charge is -2.17. The van der Waals surface area contributed by atoms with Crippen molar-refractivity contribution < 1.29 is 0 Å². The molecule has 4 nitrogen and oxygen atoms in total. The number of rotatable bonds is 4. The molecule has 0 aromatic carbocycles. The Bertz CT molecular complexity index is 564. The van der Waals surface area contributed by atoms with Crippen molar-refractivity contribution in [3.05, 3.63) is 35.9 Å². The molecule has 2 heterocycles. The number of aryl methyl sites for hydroxylation is 1. The van der Waals surface area contributed by atoms with E-state index < -0.39 is 0 Å². The van der Waals surface area contributed by atoms with E-state index in [2.05, 4.69) is 48.0 Å². The third-order valence-electron chi connectivity index (χ3n) is 3.08. The van der Waals surface area contributed by atoms with Crippen molar-refractivity contribution in [3.8, 4) is 11.3 Å². The highest BCUT2D eigenvalue weighted by atomic mass is 15.0. The summed E-state index contributed by atoms with van der Waals surface area (Å²) in [6, 6.07) is 2.01. The fourth-order valence-corrected chi connectivity index (χ4v) is 2.20. The Morgan fingerprint density at radius 3 is 2.68 bits per heavy atom. The van der Waals surface area contributed by atoms with Crippen LogP contribution in [0.4, 0.5) is 5.82 Å². The van der Waals surface area contributed by atoms with E-state index in [1.165, 1.54) is 5.56 Å². The second-order valence-electron chi connectivity index (χ2n) is 4.86. The fourth-order valence-electron chi connectivity index (χ4n) is 2.20. The molecule has 0 aliphatic heterocycles. The molecule has 100 valence electrons. The predicted octanol–water partition coefficient (Wildman–Crippen LogP) is 3.40. The molecule has 0 aliphatic rings. The number of pyridine rings is 1. The topological polar surface area (TPSA) is 50.7 Å². The minimum atomic E-state index is 0.359. The molecule has 0 fully saturated rings. The number of nitrogens with one attached hydrogen (secondary N) is 1. The van der Waals surface area contributed by atoms with Gasteiger partial charge in [0.15, 0.2) is 0 Å². The van der Waals surface area contributed by atoms with Gasteiger partial charge in [-0.25, -0.2) is 9.97 Å². The van der Waals surface area contributed by atoms with Gasteiger partial charge < -0.3 is 5.32 Å². The van der Waals surface area contributed by atoms with Crippen molar-refractivity contribution in [1.82, 2.24) is 15.0 Å². The highest BCUT2D eigenvalue weighted by molar-refractivity contribution is 5.71. The Kier molecular flexibility index (Phi) is 4.10. The minimum absolute atomic E-state index is 0.359. The maximum Gasteiger partial charge on any atom is 0.133 e. The Morgan fingerprint density at radius 1 is 1.26 bits per heavy atom. The lowest BCUT2D eigenvalue weighted by molar-refractivity contribution is 0.849. The first-order valence-electron chi connectivity index (χ1n) is 6.64. The zero-order chi connectivity index (χ0) is 13.8. The van der Waals surface area contributed by atoms with E-state index in [0.717, 1.165) is 29.2 Å². The first kappa shape index (κ1) is 13.5. The number of anilines is 1. The van der Waals surface area contributed by atoms with E-state index in [9.17, 15) is 0 Å². The largest absolute Gasteiger partial charge is 0.370 e. The summed E-state index contributed by atoms with van der Waals surface area (Å²) in [5.41, 5.74) is 4.42. The van der Waals surface area contributed by atoms with Crippen molar-refractivity contribution in [2.24, 2.45) is 0 Å². The van der Waals surface area contributed by atoms with Gasteiger partial charge in [-0.1, -0.05) is 13.8 Å². The molecule has 2 aromatic heterocycles. The van der Waals surface area contributed by atoms with Gasteiger partial charge in [0.25, 0.3) is 0 Å². The minimum Gasteiger partial charge on any atom is -0.370 e. The summed E-state index contributed by atoms with van der Waals surface area (Å²) in [6.45, 7) is 9.32. The molecule has 2 aromatic rings. The first-order chi connectivity index (χ1) is 9.15. The van der Waals surface area contributed by atoms with Crippen LogP contribution in [0.2, 0.25) is 0 Å². The van der Waals surface area contributed by atoms with Crippen LogP contribution in [0, 0.1) is 6.92 Å². The second kappa shape index (κ2) is 5.78. The molecular formula is C15H20N4. The van der Waals surface area contributed by atoms with E-state index in [-0.39, 0.29) is 0 Å². The van der Waals surface area contributed by atoms with Crippen LogP contribution < -0.4 is 5.32 Å². The van der Waals surface area contributed by atoms with Crippen LogP contribution in [-0.2, 0) is 0 Å². The Hall–Kier alpha value is -1.97. The summed E-state index contributed by atoms with van der Waals surface area (Å²) < 4.78 is 0. The van der Waals surface area contributed by atoms with E-state index in [4.69, 9.17) is 0 Å². The van der Waals surface area contributed by atoms with Crippen LogP contribution in [0.3, 0.4) is 0 Å². The van der Waals surface area contributed by atoms with Crippen LogP contribution in [0.1, 0.15) is 37.8 Å². The van der Waals surface area contributed by atoms with Crippen LogP contribution in [-0.4, -0.2) is 21.5 Å². The summed E-state index contributed by atoms with van der Waals surface area (Å²) >= 11 is 0. The molecule has 0 radical (unpaired) electrons. The van der Waals surface area contributed by atoms with Crippen molar-refractivity contribution in [1.29, 1.82) is 0 Å². The quantitative estimate of drug-likeness (QED) is 0.910. The molecule has 0 saturated heterocycles. The summed E-state index contributed by atoms with van der Waals surface area (Å²) in [4.78, 5) is 13.0. The molecule has 1 N–H and O–H groups in total. The van der Waals surface area contributed by atoms with Gasteiger partial charge in [-0.3, -0.25) is 4.98 Å². The van der Waals surface area contributed by atoms with Gasteiger partial charge in [-0.2, -0.15) is 0 Å². The first-order valence-corrected chi connectivity index (χ1v) is 6.64. The predicted molar refractivity (Wildman–Crippen MR) is 78.3 cm³/mol. The van der Waals surface area contributed by atoms with E-state index >= 15 is 0 Å². The summed E-state index contributed by atoms with van der Waals surface area (Å²) in [7, 11) is 0. The Labute approximate surface area is 114 Å². The lowest BCUT2D eigenvalue weighted by atomic mass is 9.96. The molecule has 2 rings (SSSR count). The van der Waals surface area contributed by atoms with Gasteiger partial charge in [-0.05, 0) is 31.4 Å². The average molecular weight is 256 g/mol. The van der Waals surface area contributed by atoms with Gasteiger partial charge >= 0.3 is 0 Å². The number of aromatic nitrogens is 3. The smallest absolute Gasteiger partial charge is 0.133 e. The zero-order valence-electron chi connectivity index (χ0n) is 11.9. The standard InChI is InChI=1S/C15H20N4/c1-5-17-15-13(10(2)3)14(18-9-19-15)12-6-7-16-8-11(12)4/h6-10H,5H2,1-4H3,(H,17,18,19). The second-order valence-corrected chi connectivity index (χ2v) is 4.86. The third-order valence-corrected chi connectivity index (χ3v) is 3.08. The lowest BCUT2D eigenvalue weighted by Crippen LogP contribution is -2.08. The van der Waals surface area contributed by atoms with Crippen molar-refractivity contribution >= 4 is 5.82 Å². The molecule has 0 bridgehead atoms. The maximum atomic E-state index is 4.50. The van der Waals surface area contributed by atoms with E-state index in [1.807, 2.05) is 18.5 Å². The van der Waals surface area contributed by atoms with Crippen molar-refractivity contribution in [2.45, 2.75) is 33.6 Å². The zero-order valence-corrected chi connectivity index (χ0v) is 11.9. The molecule has 0 spiro atoms. The molecule has 19 heavy (non-hydrogen) atoms. The van der Waals surface area contributed by atoms with Crippen molar-refractivity contribution in [3.63, 3.8) is 0 Å². The maximum absolute atomic E-state index is 4.50. The molecule has 0 aliphatic carbocycles.